The molecule has 1 aromatic carbocycles. The van der Waals surface area contributed by atoms with Gasteiger partial charge in [-0.3, -0.25) is 0 Å². The second-order valence-corrected chi connectivity index (χ2v) is 10.9. The average molecular weight is 547 g/mol. The Balaban J connectivity index is 1.25. The Morgan fingerprint density at radius 2 is 2.05 bits per heavy atom. The Morgan fingerprint density at radius 1 is 1.24 bits per heavy atom. The highest BCUT2D eigenvalue weighted by Gasteiger charge is 2.36. The molecule has 0 saturated carbocycles. The molecule has 4 heterocycles. The number of halogens is 2. The fourth-order valence-corrected chi connectivity index (χ4v) is 6.07. The molecule has 2 aliphatic rings. The average Bonchev–Trinajstić information content (AvgIpc) is 3.19. The van der Waals surface area contributed by atoms with Gasteiger partial charge in [0.1, 0.15) is 11.3 Å². The fraction of sp³-hybridized carbons (Fsp3) is 0.538. The van der Waals surface area contributed by atoms with Gasteiger partial charge in [-0.2, -0.15) is 5.10 Å². The zero-order chi connectivity index (χ0) is 26.1. The molecule has 2 aromatic heterocycles. The number of anilines is 1. The van der Waals surface area contributed by atoms with Crippen molar-refractivity contribution in [1.82, 2.24) is 30.0 Å². The highest BCUT2D eigenvalue weighted by molar-refractivity contribution is 6.35. The minimum atomic E-state index is -0.372. The lowest BCUT2D eigenvalue weighted by Gasteiger charge is -2.47. The number of amides is 1. The lowest BCUT2D eigenvalue weighted by Crippen LogP contribution is -2.54. The first kappa shape index (κ1) is 26.0. The quantitative estimate of drug-likeness (QED) is 0.465. The molecule has 2 atom stereocenters. The number of ether oxygens (including phenoxy) is 1. The molecular weight excluding hydrogens is 513 g/mol. The lowest BCUT2D eigenvalue weighted by molar-refractivity contribution is 0.118. The van der Waals surface area contributed by atoms with Crippen LogP contribution in [-0.4, -0.2) is 77.1 Å². The van der Waals surface area contributed by atoms with Crippen LogP contribution < -0.4 is 10.2 Å². The molecule has 37 heavy (non-hydrogen) atoms. The highest BCUT2D eigenvalue weighted by Crippen LogP contribution is 2.35. The normalized spacial score (nSPS) is 19.6. The molecule has 11 heteroatoms. The number of rotatable bonds is 7. The van der Waals surface area contributed by atoms with Gasteiger partial charge in [-0.25, -0.2) is 19.4 Å². The zero-order valence-corrected chi connectivity index (χ0v) is 23.0. The molecule has 0 bridgehead atoms. The topological polar surface area (TPSA) is 88.4 Å². The number of alkyl carbamates (subject to hydrolysis) is 1. The van der Waals surface area contributed by atoms with E-state index < -0.39 is 0 Å². The molecule has 0 radical (unpaired) electrons. The summed E-state index contributed by atoms with van der Waals surface area (Å²) < 4.78 is 6.57. The van der Waals surface area contributed by atoms with Crippen LogP contribution in [0.15, 0.2) is 24.4 Å². The van der Waals surface area contributed by atoms with E-state index in [2.05, 4.69) is 26.8 Å². The number of carbonyl (C=O) groups excluding carboxylic acids is 1. The van der Waals surface area contributed by atoms with E-state index in [-0.39, 0.29) is 12.1 Å². The van der Waals surface area contributed by atoms with Crippen molar-refractivity contribution in [2.24, 2.45) is 11.8 Å². The van der Waals surface area contributed by atoms with Gasteiger partial charge in [-0.1, -0.05) is 29.3 Å². The number of likely N-dealkylation sites (tertiary alicyclic amines) is 1. The lowest BCUT2D eigenvalue weighted by atomic mass is 9.80. The van der Waals surface area contributed by atoms with Gasteiger partial charge in [0.15, 0.2) is 5.65 Å². The Hall–Kier alpha value is -2.62. The van der Waals surface area contributed by atoms with E-state index in [1.807, 2.05) is 29.9 Å². The summed E-state index contributed by atoms with van der Waals surface area (Å²) in [6.07, 6.45) is 3.93. The van der Waals surface area contributed by atoms with Gasteiger partial charge in [0.05, 0.1) is 25.0 Å². The number of fused-ring (bicyclic) bond motifs is 1. The summed E-state index contributed by atoms with van der Waals surface area (Å²) >= 11 is 12.6. The first-order valence-corrected chi connectivity index (χ1v) is 13.6. The van der Waals surface area contributed by atoms with E-state index >= 15 is 0 Å². The number of hydrogen-bond donors (Lipinski definition) is 1. The van der Waals surface area contributed by atoms with Gasteiger partial charge in [0, 0.05) is 42.8 Å². The summed E-state index contributed by atoms with van der Waals surface area (Å²) in [5.41, 5.74) is 3.35. The predicted octanol–water partition coefficient (Wildman–Crippen LogP) is 4.56. The number of hydrogen-bond acceptors (Lipinski definition) is 7. The third kappa shape index (κ3) is 5.49. The first-order valence-electron chi connectivity index (χ1n) is 12.8. The Labute approximate surface area is 227 Å². The number of benzene rings is 1. The van der Waals surface area contributed by atoms with Crippen molar-refractivity contribution in [3.05, 3.63) is 45.7 Å². The number of piperidine rings is 1. The first-order chi connectivity index (χ1) is 17.8. The van der Waals surface area contributed by atoms with Crippen molar-refractivity contribution in [2.75, 3.05) is 51.3 Å². The molecule has 0 aliphatic carbocycles. The molecule has 2 saturated heterocycles. The summed E-state index contributed by atoms with van der Waals surface area (Å²) in [4.78, 5) is 25.8. The van der Waals surface area contributed by atoms with Crippen LogP contribution in [0.4, 0.5) is 10.6 Å². The summed E-state index contributed by atoms with van der Waals surface area (Å²) in [6.45, 7) is 9.58. The smallest absolute Gasteiger partial charge is 0.406 e. The van der Waals surface area contributed by atoms with Gasteiger partial charge >= 0.3 is 6.09 Å². The molecule has 3 aromatic rings. The van der Waals surface area contributed by atoms with Crippen molar-refractivity contribution < 1.29 is 9.53 Å². The zero-order valence-electron chi connectivity index (χ0n) is 21.5. The Bertz CT molecular complexity index is 1280. The van der Waals surface area contributed by atoms with Gasteiger partial charge in [-0.05, 0) is 62.8 Å². The van der Waals surface area contributed by atoms with Crippen LogP contribution in [0.2, 0.25) is 10.0 Å². The molecule has 198 valence electrons. The van der Waals surface area contributed by atoms with Crippen LogP contribution in [-0.2, 0) is 4.74 Å². The summed E-state index contributed by atoms with van der Waals surface area (Å²) in [5, 5.41) is 8.75. The summed E-state index contributed by atoms with van der Waals surface area (Å²) in [7, 11) is 1.39. The van der Waals surface area contributed by atoms with Crippen LogP contribution in [0.1, 0.15) is 37.1 Å². The van der Waals surface area contributed by atoms with Crippen molar-refractivity contribution in [2.45, 2.75) is 32.7 Å². The van der Waals surface area contributed by atoms with Crippen molar-refractivity contribution in [3.63, 3.8) is 0 Å². The van der Waals surface area contributed by atoms with Gasteiger partial charge < -0.3 is 19.9 Å². The van der Waals surface area contributed by atoms with E-state index in [0.717, 1.165) is 61.0 Å². The number of nitrogens with one attached hydrogen (secondary N) is 1. The van der Waals surface area contributed by atoms with E-state index in [9.17, 15) is 4.79 Å². The summed E-state index contributed by atoms with van der Waals surface area (Å²) in [5.74, 6) is 2.17. The van der Waals surface area contributed by atoms with Gasteiger partial charge in [0.2, 0.25) is 0 Å². The third-order valence-electron chi connectivity index (χ3n) is 7.66. The number of aryl methyl sites for hydroxylation is 1. The molecule has 1 N–H and O–H groups in total. The molecule has 2 aliphatic heterocycles. The second-order valence-electron chi connectivity index (χ2n) is 10.1. The predicted molar refractivity (Wildman–Crippen MR) is 146 cm³/mol. The van der Waals surface area contributed by atoms with Gasteiger partial charge in [-0.15, -0.1) is 0 Å². The fourth-order valence-electron chi connectivity index (χ4n) is 5.50. The van der Waals surface area contributed by atoms with Crippen molar-refractivity contribution >= 4 is 46.3 Å². The molecule has 1 amide bonds. The Morgan fingerprint density at radius 3 is 2.81 bits per heavy atom. The maximum absolute atomic E-state index is 11.3. The van der Waals surface area contributed by atoms with Crippen LogP contribution in [0.3, 0.4) is 0 Å². The number of aromatic nitrogens is 4. The van der Waals surface area contributed by atoms with E-state index in [1.165, 1.54) is 20.0 Å². The minimum absolute atomic E-state index is 0.114. The van der Waals surface area contributed by atoms with Gasteiger partial charge in [0.25, 0.3) is 0 Å². The third-order valence-corrected chi connectivity index (χ3v) is 8.23. The van der Waals surface area contributed by atoms with Crippen molar-refractivity contribution in [1.29, 1.82) is 0 Å². The van der Waals surface area contributed by atoms with Crippen LogP contribution in [0, 0.1) is 18.8 Å². The monoisotopic (exact) mass is 545 g/mol. The number of nitrogens with zero attached hydrogens (tertiary/aromatic N) is 6. The SMILES string of the molecule is COC(=O)NCCN1CCC[C@@H](C2CN(c3cnc4c(C)nn([C@H](C)c5ccc(Cl)cc5Cl)c4n3)C2)C1. The number of carbonyl (C=O) groups is 1. The van der Waals surface area contributed by atoms with Crippen LogP contribution in [0.5, 0.6) is 0 Å². The standard InChI is InChI=1S/C26H33Cl2N7O2/c1-16-24-25(35(32-16)17(2)21-7-6-20(27)11-22(21)28)31-23(12-30-24)34-14-19(15-34)18-5-4-9-33(13-18)10-8-29-26(36)37-3/h6-7,11-12,17-19H,4-5,8-10,13-15H2,1-3H3,(H,29,36)/t17-,18-/m1/s1. The second kappa shape index (κ2) is 11.0. The van der Waals surface area contributed by atoms with E-state index in [1.54, 1.807) is 6.07 Å². The van der Waals surface area contributed by atoms with E-state index in [0.29, 0.717) is 28.4 Å². The number of methoxy groups -OCH3 is 1. The summed E-state index contributed by atoms with van der Waals surface area (Å²) in [6, 6.07) is 5.43. The van der Waals surface area contributed by atoms with Crippen LogP contribution >= 0.6 is 23.2 Å². The van der Waals surface area contributed by atoms with Crippen LogP contribution in [0.25, 0.3) is 11.2 Å². The largest absolute Gasteiger partial charge is 0.453 e. The molecule has 5 rings (SSSR count). The van der Waals surface area contributed by atoms with E-state index in [4.69, 9.17) is 38.3 Å². The molecule has 9 nitrogen and oxygen atoms in total. The maximum atomic E-state index is 11.3. The maximum Gasteiger partial charge on any atom is 0.406 e. The molecule has 0 unspecified atom stereocenters. The highest BCUT2D eigenvalue weighted by atomic mass is 35.5. The minimum Gasteiger partial charge on any atom is -0.453 e. The molecule has 2 fully saturated rings. The van der Waals surface area contributed by atoms with Crippen molar-refractivity contribution in [3.8, 4) is 0 Å². The molecular formula is C26H33Cl2N7O2. The molecule has 0 spiro atoms. The Kier molecular flexibility index (Phi) is 7.74.